The Morgan fingerprint density at radius 3 is 2.52 bits per heavy atom. The maximum atomic E-state index is 11.9. The van der Waals surface area contributed by atoms with E-state index in [1.165, 1.54) is 0 Å². The van der Waals surface area contributed by atoms with Crippen molar-refractivity contribution in [1.82, 2.24) is 5.32 Å². The Kier molecular flexibility index (Phi) is 7.82. The van der Waals surface area contributed by atoms with Crippen molar-refractivity contribution >= 4 is 41.5 Å². The lowest BCUT2D eigenvalue weighted by atomic mass is 9.92. The Hall–Kier alpha value is -0.480. The van der Waals surface area contributed by atoms with Gasteiger partial charge in [-0.05, 0) is 49.8 Å². The summed E-state index contributed by atoms with van der Waals surface area (Å²) in [6.45, 7) is 0. The van der Waals surface area contributed by atoms with E-state index in [9.17, 15) is 4.79 Å². The van der Waals surface area contributed by atoms with Gasteiger partial charge >= 0.3 is 0 Å². The van der Waals surface area contributed by atoms with Crippen LogP contribution in [-0.2, 0) is 11.2 Å². The van der Waals surface area contributed by atoms with Crippen LogP contribution in [0.2, 0.25) is 10.0 Å². The number of nitrogens with two attached hydrogens (primary N) is 1. The van der Waals surface area contributed by atoms with E-state index < -0.39 is 0 Å². The van der Waals surface area contributed by atoms with E-state index in [4.69, 9.17) is 28.9 Å². The summed E-state index contributed by atoms with van der Waals surface area (Å²) in [6.07, 6.45) is 5.03. The van der Waals surface area contributed by atoms with Gasteiger partial charge in [-0.25, -0.2) is 0 Å². The molecular formula is C15H21Cl3N2O. The zero-order valence-electron chi connectivity index (χ0n) is 11.8. The number of hydrogen-bond donors (Lipinski definition) is 2. The first kappa shape index (κ1) is 18.6. The zero-order chi connectivity index (χ0) is 14.5. The van der Waals surface area contributed by atoms with Gasteiger partial charge in [0.1, 0.15) is 0 Å². The molecule has 1 saturated carbocycles. The number of nitrogens with one attached hydrogen (secondary N) is 1. The van der Waals surface area contributed by atoms with Gasteiger partial charge in [0, 0.05) is 28.5 Å². The molecule has 0 radical (unpaired) electrons. The molecule has 3 nitrogen and oxygen atoms in total. The average molecular weight is 352 g/mol. The number of hydrogen-bond acceptors (Lipinski definition) is 2. The van der Waals surface area contributed by atoms with Crippen LogP contribution in [0.15, 0.2) is 18.2 Å². The number of benzene rings is 1. The van der Waals surface area contributed by atoms with Crippen LogP contribution in [-0.4, -0.2) is 18.0 Å². The second kappa shape index (κ2) is 8.84. The summed E-state index contributed by atoms with van der Waals surface area (Å²) in [4.78, 5) is 11.9. The molecule has 0 spiro atoms. The Balaban J connectivity index is 0.00000220. The molecule has 2 rings (SSSR count). The lowest BCUT2D eigenvalue weighted by Gasteiger charge is -2.26. The SMILES string of the molecule is Cl.NC1CCC(NC(=O)CCc2ccc(Cl)cc2Cl)CC1. The Morgan fingerprint density at radius 2 is 1.90 bits per heavy atom. The highest BCUT2D eigenvalue weighted by Crippen LogP contribution is 2.22. The molecule has 6 heteroatoms. The standard InChI is InChI=1S/C15H20Cl2N2O.ClH/c16-11-3-1-10(14(17)9-11)2-8-15(20)19-13-6-4-12(18)5-7-13;/h1,3,9,12-13H,2,4-8,18H2,(H,19,20);1H. The molecule has 0 aliphatic heterocycles. The molecule has 1 aromatic carbocycles. The molecule has 1 fully saturated rings. The molecule has 118 valence electrons. The first-order valence-electron chi connectivity index (χ1n) is 7.03. The molecule has 3 N–H and O–H groups in total. The molecular weight excluding hydrogens is 331 g/mol. The fourth-order valence-electron chi connectivity index (χ4n) is 2.54. The van der Waals surface area contributed by atoms with Crippen LogP contribution < -0.4 is 11.1 Å². The smallest absolute Gasteiger partial charge is 0.220 e. The number of amides is 1. The van der Waals surface area contributed by atoms with Crippen LogP contribution in [0.5, 0.6) is 0 Å². The molecule has 0 saturated heterocycles. The quantitative estimate of drug-likeness (QED) is 0.868. The number of rotatable bonds is 4. The summed E-state index contributed by atoms with van der Waals surface area (Å²) in [6, 6.07) is 5.96. The van der Waals surface area contributed by atoms with Gasteiger partial charge in [0.05, 0.1) is 0 Å². The minimum absolute atomic E-state index is 0. The summed E-state index contributed by atoms with van der Waals surface area (Å²) in [7, 11) is 0. The zero-order valence-corrected chi connectivity index (χ0v) is 14.1. The third-order valence-corrected chi connectivity index (χ3v) is 4.36. The summed E-state index contributed by atoms with van der Waals surface area (Å²) in [5.41, 5.74) is 6.81. The van der Waals surface area contributed by atoms with Gasteiger partial charge in [0.25, 0.3) is 0 Å². The molecule has 0 unspecified atom stereocenters. The molecule has 0 heterocycles. The minimum atomic E-state index is 0. The second-order valence-corrected chi connectivity index (χ2v) is 6.26. The normalized spacial score (nSPS) is 21.5. The third-order valence-electron chi connectivity index (χ3n) is 3.77. The van der Waals surface area contributed by atoms with Crippen molar-refractivity contribution in [1.29, 1.82) is 0 Å². The van der Waals surface area contributed by atoms with E-state index >= 15 is 0 Å². The lowest BCUT2D eigenvalue weighted by molar-refractivity contribution is -0.122. The van der Waals surface area contributed by atoms with E-state index in [0.717, 1.165) is 31.2 Å². The predicted octanol–water partition coefficient (Wildman–Crippen LogP) is 3.73. The van der Waals surface area contributed by atoms with Crippen LogP contribution in [0.1, 0.15) is 37.7 Å². The van der Waals surface area contributed by atoms with Gasteiger partial charge in [-0.1, -0.05) is 29.3 Å². The Labute approximate surface area is 142 Å². The molecule has 1 aliphatic carbocycles. The number of halogens is 3. The van der Waals surface area contributed by atoms with Crippen LogP contribution in [0.25, 0.3) is 0 Å². The van der Waals surface area contributed by atoms with Crippen molar-refractivity contribution < 1.29 is 4.79 Å². The molecule has 0 bridgehead atoms. The second-order valence-electron chi connectivity index (χ2n) is 5.41. The Bertz CT molecular complexity index is 474. The van der Waals surface area contributed by atoms with E-state index in [1.807, 2.05) is 6.07 Å². The maximum absolute atomic E-state index is 11.9. The molecule has 1 aliphatic rings. The van der Waals surface area contributed by atoms with Gasteiger partial charge in [0.15, 0.2) is 0 Å². The molecule has 0 atom stereocenters. The van der Waals surface area contributed by atoms with Crippen molar-refractivity contribution in [2.45, 2.75) is 50.6 Å². The van der Waals surface area contributed by atoms with Gasteiger partial charge in [-0.15, -0.1) is 12.4 Å². The maximum Gasteiger partial charge on any atom is 0.220 e. The topological polar surface area (TPSA) is 55.1 Å². The van der Waals surface area contributed by atoms with Crippen molar-refractivity contribution in [2.24, 2.45) is 5.73 Å². The number of aryl methyl sites for hydroxylation is 1. The summed E-state index contributed by atoms with van der Waals surface area (Å²) >= 11 is 11.9. The monoisotopic (exact) mass is 350 g/mol. The van der Waals surface area contributed by atoms with E-state index in [-0.39, 0.29) is 24.4 Å². The van der Waals surface area contributed by atoms with Gasteiger partial charge in [-0.2, -0.15) is 0 Å². The van der Waals surface area contributed by atoms with Crippen molar-refractivity contribution in [2.75, 3.05) is 0 Å². The van der Waals surface area contributed by atoms with Crippen LogP contribution >= 0.6 is 35.6 Å². The van der Waals surface area contributed by atoms with Crippen molar-refractivity contribution in [3.63, 3.8) is 0 Å². The Morgan fingerprint density at radius 1 is 1.24 bits per heavy atom. The van der Waals surface area contributed by atoms with Gasteiger partial charge in [0.2, 0.25) is 5.91 Å². The van der Waals surface area contributed by atoms with Crippen molar-refractivity contribution in [3.8, 4) is 0 Å². The van der Waals surface area contributed by atoms with Gasteiger partial charge < -0.3 is 11.1 Å². The van der Waals surface area contributed by atoms with Crippen LogP contribution in [0, 0.1) is 0 Å². The fourth-order valence-corrected chi connectivity index (χ4v) is 3.04. The highest BCUT2D eigenvalue weighted by atomic mass is 35.5. The summed E-state index contributed by atoms with van der Waals surface area (Å²) in [5, 5.41) is 4.31. The third kappa shape index (κ3) is 6.03. The first-order valence-corrected chi connectivity index (χ1v) is 7.79. The number of carbonyl (C=O) groups is 1. The number of carbonyl (C=O) groups excluding carboxylic acids is 1. The highest BCUT2D eigenvalue weighted by Gasteiger charge is 2.19. The average Bonchev–Trinajstić information content (AvgIpc) is 2.40. The first-order chi connectivity index (χ1) is 9.54. The fraction of sp³-hybridized carbons (Fsp3) is 0.533. The summed E-state index contributed by atoms with van der Waals surface area (Å²) in [5.74, 6) is 0.0801. The minimum Gasteiger partial charge on any atom is -0.353 e. The van der Waals surface area contributed by atoms with E-state index in [1.54, 1.807) is 12.1 Å². The van der Waals surface area contributed by atoms with Crippen LogP contribution in [0.4, 0.5) is 0 Å². The largest absolute Gasteiger partial charge is 0.353 e. The molecule has 1 aromatic rings. The van der Waals surface area contributed by atoms with E-state index in [2.05, 4.69) is 5.32 Å². The lowest BCUT2D eigenvalue weighted by Crippen LogP contribution is -2.40. The van der Waals surface area contributed by atoms with Crippen molar-refractivity contribution in [3.05, 3.63) is 33.8 Å². The molecule has 21 heavy (non-hydrogen) atoms. The highest BCUT2D eigenvalue weighted by molar-refractivity contribution is 6.35. The molecule has 0 aromatic heterocycles. The molecule has 1 amide bonds. The van der Waals surface area contributed by atoms with Crippen LogP contribution in [0.3, 0.4) is 0 Å². The predicted molar refractivity (Wildman–Crippen MR) is 90.4 cm³/mol. The van der Waals surface area contributed by atoms with Gasteiger partial charge in [-0.3, -0.25) is 4.79 Å². The van der Waals surface area contributed by atoms with E-state index in [0.29, 0.717) is 28.9 Å². The summed E-state index contributed by atoms with van der Waals surface area (Å²) < 4.78 is 0.